The summed E-state index contributed by atoms with van der Waals surface area (Å²) in [4.78, 5) is 8.91. The van der Waals surface area contributed by atoms with Crippen molar-refractivity contribution < 1.29 is 5.11 Å². The summed E-state index contributed by atoms with van der Waals surface area (Å²) in [5.41, 5.74) is 2.29. The summed E-state index contributed by atoms with van der Waals surface area (Å²) in [6, 6.07) is 6.05. The number of nitrogens with one attached hydrogen (secondary N) is 2. The van der Waals surface area contributed by atoms with Crippen LogP contribution in [0.15, 0.2) is 22.8 Å². The molecule has 1 aromatic carbocycles. The number of benzene rings is 1. The van der Waals surface area contributed by atoms with Crippen LogP contribution in [0.5, 0.6) is 0 Å². The summed E-state index contributed by atoms with van der Waals surface area (Å²) in [7, 11) is 0. The van der Waals surface area contributed by atoms with Crippen LogP contribution < -0.4 is 10.6 Å². The first-order valence-corrected chi connectivity index (χ1v) is 10.0. The number of aliphatic hydroxyl groups excluding tert-OH is 1. The Balaban J connectivity index is 1.81. The lowest BCUT2D eigenvalue weighted by Crippen LogP contribution is -2.32. The first-order chi connectivity index (χ1) is 13.0. The Kier molecular flexibility index (Phi) is 6.53. The van der Waals surface area contributed by atoms with Crippen LogP contribution in [0, 0.1) is 24.2 Å². The first-order valence-electron chi connectivity index (χ1n) is 8.87. The number of rotatable bonds is 5. The van der Waals surface area contributed by atoms with Crippen LogP contribution in [0.25, 0.3) is 0 Å². The highest BCUT2D eigenvalue weighted by molar-refractivity contribution is 9.10. The van der Waals surface area contributed by atoms with Crippen LogP contribution in [-0.2, 0) is 6.61 Å². The van der Waals surface area contributed by atoms with Gasteiger partial charge in [-0.25, -0.2) is 4.98 Å². The van der Waals surface area contributed by atoms with Crippen LogP contribution in [0.4, 0.5) is 17.5 Å². The molecule has 2 aromatic rings. The molecule has 1 aliphatic rings. The van der Waals surface area contributed by atoms with Gasteiger partial charge in [-0.3, -0.25) is 0 Å². The van der Waals surface area contributed by atoms with Crippen molar-refractivity contribution in [2.45, 2.75) is 45.3 Å². The maximum atomic E-state index is 9.46. The van der Waals surface area contributed by atoms with Gasteiger partial charge in [0.05, 0.1) is 23.6 Å². The number of hydrogen-bond donors (Lipinski definition) is 3. The number of aryl methyl sites for hydroxylation is 1. The largest absolute Gasteiger partial charge is 0.392 e. The zero-order valence-electron chi connectivity index (χ0n) is 15.0. The van der Waals surface area contributed by atoms with Crippen molar-refractivity contribution >= 4 is 45.0 Å². The summed E-state index contributed by atoms with van der Waals surface area (Å²) in [5, 5.41) is 25.9. The molecule has 0 aliphatic heterocycles. The van der Waals surface area contributed by atoms with Crippen molar-refractivity contribution in [1.82, 2.24) is 9.97 Å². The average Bonchev–Trinajstić information content (AvgIpc) is 2.67. The number of nitriles is 1. The molecule has 0 radical (unpaired) electrons. The van der Waals surface area contributed by atoms with Crippen molar-refractivity contribution in [2.24, 2.45) is 5.92 Å². The maximum Gasteiger partial charge on any atom is 0.229 e. The topological polar surface area (TPSA) is 93.9 Å². The molecule has 1 saturated carbocycles. The molecule has 1 fully saturated rings. The highest BCUT2D eigenvalue weighted by atomic mass is 79.9. The summed E-state index contributed by atoms with van der Waals surface area (Å²) in [6.45, 7) is 1.81. The summed E-state index contributed by atoms with van der Waals surface area (Å²) in [5.74, 6) is 1.15. The lowest BCUT2D eigenvalue weighted by molar-refractivity contribution is 0.281. The van der Waals surface area contributed by atoms with Crippen LogP contribution >= 0.6 is 27.5 Å². The highest BCUT2D eigenvalue weighted by Crippen LogP contribution is 2.32. The van der Waals surface area contributed by atoms with E-state index in [2.05, 4.69) is 42.6 Å². The van der Waals surface area contributed by atoms with Gasteiger partial charge >= 0.3 is 0 Å². The SMILES string of the molecule is Cc1cnc(Nc2cc(Cl)c(Br)c(CO)c2)nc1N[C@H]1CCCCC1C#N. The Hall–Kier alpha value is -1.88. The normalized spacial score (nSPS) is 19.4. The van der Waals surface area contributed by atoms with E-state index in [1.54, 1.807) is 18.3 Å². The second-order valence-electron chi connectivity index (χ2n) is 6.71. The van der Waals surface area contributed by atoms with Gasteiger partial charge in [-0.2, -0.15) is 10.2 Å². The van der Waals surface area contributed by atoms with Gasteiger partial charge in [0.2, 0.25) is 5.95 Å². The van der Waals surface area contributed by atoms with Gasteiger partial charge in [0.15, 0.2) is 0 Å². The van der Waals surface area contributed by atoms with E-state index in [9.17, 15) is 10.4 Å². The molecule has 0 amide bonds. The summed E-state index contributed by atoms with van der Waals surface area (Å²) >= 11 is 9.56. The van der Waals surface area contributed by atoms with Gasteiger partial charge in [-0.15, -0.1) is 0 Å². The van der Waals surface area contributed by atoms with Crippen molar-refractivity contribution in [3.8, 4) is 6.07 Å². The summed E-state index contributed by atoms with van der Waals surface area (Å²) < 4.78 is 0.671. The Bertz CT molecular complexity index is 870. The standard InChI is InChI=1S/C19H21BrClN5O/c1-11-9-23-19(24-14-6-13(10-27)17(20)15(21)7-14)26-18(11)25-16-5-3-2-4-12(16)8-22/h6-7,9,12,16,27H,2-5,10H2,1H3,(H2,23,24,25,26)/t12?,16-/m0/s1. The smallest absolute Gasteiger partial charge is 0.229 e. The third-order valence-electron chi connectivity index (χ3n) is 4.76. The molecule has 1 aromatic heterocycles. The molecule has 1 aliphatic carbocycles. The second kappa shape index (κ2) is 8.87. The zero-order chi connectivity index (χ0) is 19.4. The fraction of sp³-hybridized carbons (Fsp3) is 0.421. The summed E-state index contributed by atoms with van der Waals surface area (Å²) in [6.07, 6.45) is 5.85. The number of halogens is 2. The van der Waals surface area contributed by atoms with E-state index in [0.29, 0.717) is 26.7 Å². The lowest BCUT2D eigenvalue weighted by Gasteiger charge is -2.28. The highest BCUT2D eigenvalue weighted by Gasteiger charge is 2.25. The van der Waals surface area contributed by atoms with E-state index in [4.69, 9.17) is 11.6 Å². The predicted molar refractivity (Wildman–Crippen MR) is 110 cm³/mol. The molecule has 1 heterocycles. The monoisotopic (exact) mass is 449 g/mol. The minimum absolute atomic E-state index is 0.00178. The Morgan fingerprint density at radius 2 is 2.15 bits per heavy atom. The molecule has 0 spiro atoms. The van der Waals surface area contributed by atoms with Crippen molar-refractivity contribution in [2.75, 3.05) is 10.6 Å². The molecule has 3 N–H and O–H groups in total. The second-order valence-corrected chi connectivity index (χ2v) is 7.91. The molecule has 1 unspecified atom stereocenters. The van der Waals surface area contributed by atoms with Crippen LogP contribution in [0.3, 0.4) is 0 Å². The molecule has 3 rings (SSSR count). The lowest BCUT2D eigenvalue weighted by atomic mass is 9.85. The van der Waals surface area contributed by atoms with E-state index < -0.39 is 0 Å². The fourth-order valence-corrected chi connectivity index (χ4v) is 3.84. The number of anilines is 3. The maximum absolute atomic E-state index is 9.46. The number of nitrogens with zero attached hydrogens (tertiary/aromatic N) is 3. The van der Waals surface area contributed by atoms with E-state index in [1.165, 1.54) is 0 Å². The number of aliphatic hydroxyl groups is 1. The molecule has 0 saturated heterocycles. The molecule has 2 atom stereocenters. The minimum atomic E-state index is -0.130. The fourth-order valence-electron chi connectivity index (χ4n) is 3.24. The van der Waals surface area contributed by atoms with Crippen molar-refractivity contribution in [3.05, 3.63) is 39.0 Å². The number of aromatic nitrogens is 2. The van der Waals surface area contributed by atoms with Gasteiger partial charge in [0.25, 0.3) is 0 Å². The predicted octanol–water partition coefficient (Wildman–Crippen LogP) is 4.93. The Morgan fingerprint density at radius 1 is 1.37 bits per heavy atom. The quantitative estimate of drug-likeness (QED) is 0.598. The molecule has 8 heteroatoms. The zero-order valence-corrected chi connectivity index (χ0v) is 17.3. The molecular weight excluding hydrogens is 430 g/mol. The van der Waals surface area contributed by atoms with E-state index in [1.807, 2.05) is 6.92 Å². The van der Waals surface area contributed by atoms with E-state index in [0.717, 1.165) is 37.1 Å². The first kappa shape index (κ1) is 19.9. The van der Waals surface area contributed by atoms with Crippen LogP contribution in [0.2, 0.25) is 5.02 Å². The molecule has 142 valence electrons. The van der Waals surface area contributed by atoms with Crippen LogP contribution in [-0.4, -0.2) is 21.1 Å². The molecular formula is C19H21BrClN5O. The van der Waals surface area contributed by atoms with Crippen molar-refractivity contribution in [1.29, 1.82) is 5.26 Å². The average molecular weight is 451 g/mol. The van der Waals surface area contributed by atoms with Crippen LogP contribution in [0.1, 0.15) is 36.8 Å². The molecule has 27 heavy (non-hydrogen) atoms. The molecule has 0 bridgehead atoms. The Morgan fingerprint density at radius 3 is 2.89 bits per heavy atom. The van der Waals surface area contributed by atoms with Gasteiger partial charge in [-0.1, -0.05) is 24.4 Å². The third-order valence-corrected chi connectivity index (χ3v) is 6.22. The molecule has 6 nitrogen and oxygen atoms in total. The number of hydrogen-bond acceptors (Lipinski definition) is 6. The van der Waals surface area contributed by atoms with E-state index >= 15 is 0 Å². The van der Waals surface area contributed by atoms with E-state index in [-0.39, 0.29) is 18.6 Å². The third kappa shape index (κ3) is 4.70. The van der Waals surface area contributed by atoms with Gasteiger partial charge in [0, 0.05) is 28.0 Å². The Labute approximate surface area is 172 Å². The van der Waals surface area contributed by atoms with Gasteiger partial charge in [0.1, 0.15) is 5.82 Å². The van der Waals surface area contributed by atoms with Gasteiger partial charge in [-0.05, 0) is 53.4 Å². The minimum Gasteiger partial charge on any atom is -0.392 e. The van der Waals surface area contributed by atoms with Crippen molar-refractivity contribution in [3.63, 3.8) is 0 Å². The van der Waals surface area contributed by atoms with Gasteiger partial charge < -0.3 is 15.7 Å².